The van der Waals surface area contributed by atoms with Gasteiger partial charge in [-0.25, -0.2) is 0 Å². The van der Waals surface area contributed by atoms with E-state index in [1.165, 1.54) is 0 Å². The lowest BCUT2D eigenvalue weighted by Gasteiger charge is -2.10. The zero-order valence-electron chi connectivity index (χ0n) is 18.9. The van der Waals surface area contributed by atoms with E-state index in [1.807, 2.05) is 6.07 Å². The molecule has 4 aromatic rings. The number of nitrogens with one attached hydrogen (secondary N) is 2. The van der Waals surface area contributed by atoms with Crippen LogP contribution in [0.5, 0.6) is 5.75 Å². The van der Waals surface area contributed by atoms with Crippen molar-refractivity contribution in [2.24, 2.45) is 0 Å². The first-order valence-electron chi connectivity index (χ1n) is 10.8. The summed E-state index contributed by atoms with van der Waals surface area (Å²) >= 11 is 0. The van der Waals surface area contributed by atoms with Crippen LogP contribution in [-0.4, -0.2) is 34.9 Å². The van der Waals surface area contributed by atoms with Crippen LogP contribution in [0.3, 0.4) is 0 Å². The number of anilines is 2. The minimum Gasteiger partial charge on any atom is -0.497 e. The number of nitrogens with zero attached hydrogens (tertiary/aromatic N) is 2. The number of rotatable bonds is 9. The molecular weight excluding hydrogens is 448 g/mol. The topological polar surface area (TPSA) is 123 Å². The van der Waals surface area contributed by atoms with Gasteiger partial charge in [-0.15, -0.1) is 5.10 Å². The van der Waals surface area contributed by atoms with Gasteiger partial charge >= 0.3 is 6.01 Å². The largest absolute Gasteiger partial charge is 0.497 e. The third-order valence-electron chi connectivity index (χ3n) is 5.10. The van der Waals surface area contributed by atoms with Gasteiger partial charge in [0.2, 0.25) is 11.8 Å². The molecule has 0 fully saturated rings. The highest BCUT2D eigenvalue weighted by Gasteiger charge is 2.17. The fourth-order valence-corrected chi connectivity index (χ4v) is 3.29. The Kier molecular flexibility index (Phi) is 7.27. The number of Topliss-reactive ketones (excluding diaryl/α,β-unsaturated/α-hetero) is 1. The maximum absolute atomic E-state index is 12.8. The SMILES string of the molecule is COc1ccc(-c2nnc(NC(=O)c3ccccc3NC(=O)CCC(=O)c3ccccc3)o2)cc1. The van der Waals surface area contributed by atoms with E-state index in [4.69, 9.17) is 9.15 Å². The average Bonchev–Trinajstić information content (AvgIpc) is 3.36. The van der Waals surface area contributed by atoms with Crippen molar-refractivity contribution >= 4 is 29.3 Å². The summed E-state index contributed by atoms with van der Waals surface area (Å²) in [5, 5.41) is 13.1. The van der Waals surface area contributed by atoms with Gasteiger partial charge in [0.15, 0.2) is 5.78 Å². The molecule has 4 rings (SSSR count). The van der Waals surface area contributed by atoms with E-state index < -0.39 is 5.91 Å². The van der Waals surface area contributed by atoms with Crippen molar-refractivity contribution in [3.8, 4) is 17.2 Å². The monoisotopic (exact) mass is 470 g/mol. The fraction of sp³-hybridized carbons (Fsp3) is 0.115. The van der Waals surface area contributed by atoms with Crippen LogP contribution in [0.4, 0.5) is 11.7 Å². The zero-order valence-corrected chi connectivity index (χ0v) is 18.9. The molecule has 35 heavy (non-hydrogen) atoms. The number of hydrogen-bond donors (Lipinski definition) is 2. The summed E-state index contributed by atoms with van der Waals surface area (Å²) < 4.78 is 10.7. The summed E-state index contributed by atoms with van der Waals surface area (Å²) in [6.07, 6.45) is 0.0406. The van der Waals surface area contributed by atoms with Gasteiger partial charge in [-0.2, -0.15) is 0 Å². The quantitative estimate of drug-likeness (QED) is 0.343. The van der Waals surface area contributed by atoms with Crippen molar-refractivity contribution in [1.29, 1.82) is 0 Å². The molecule has 0 aliphatic rings. The number of aromatic nitrogens is 2. The highest BCUT2D eigenvalue weighted by atomic mass is 16.5. The summed E-state index contributed by atoms with van der Waals surface area (Å²) in [6, 6.07) is 22.2. The molecule has 3 aromatic carbocycles. The minimum atomic E-state index is -0.536. The fourth-order valence-electron chi connectivity index (χ4n) is 3.29. The van der Waals surface area contributed by atoms with E-state index in [1.54, 1.807) is 79.9 Å². The van der Waals surface area contributed by atoms with Crippen molar-refractivity contribution in [3.05, 3.63) is 90.0 Å². The highest BCUT2D eigenvalue weighted by molar-refractivity contribution is 6.09. The van der Waals surface area contributed by atoms with E-state index in [-0.39, 0.29) is 42.0 Å². The van der Waals surface area contributed by atoms with Crippen molar-refractivity contribution in [3.63, 3.8) is 0 Å². The van der Waals surface area contributed by atoms with Gasteiger partial charge in [0.1, 0.15) is 5.75 Å². The van der Waals surface area contributed by atoms with Gasteiger partial charge in [-0.05, 0) is 36.4 Å². The van der Waals surface area contributed by atoms with Gasteiger partial charge in [0.25, 0.3) is 5.91 Å². The van der Waals surface area contributed by atoms with Crippen LogP contribution in [0.1, 0.15) is 33.6 Å². The summed E-state index contributed by atoms with van der Waals surface area (Å²) in [5.74, 6) is -0.131. The summed E-state index contributed by atoms with van der Waals surface area (Å²) in [7, 11) is 1.57. The first-order chi connectivity index (χ1) is 17.0. The van der Waals surface area contributed by atoms with Crippen molar-refractivity contribution < 1.29 is 23.5 Å². The molecule has 0 unspecified atom stereocenters. The molecule has 0 saturated heterocycles. The number of carbonyl (C=O) groups excluding carboxylic acids is 3. The second kappa shape index (κ2) is 10.9. The summed E-state index contributed by atoms with van der Waals surface area (Å²) in [6.45, 7) is 0. The molecule has 9 nitrogen and oxygen atoms in total. The molecular formula is C26H22N4O5. The first kappa shape index (κ1) is 23.4. The molecule has 0 atom stereocenters. The molecule has 0 bridgehead atoms. The van der Waals surface area contributed by atoms with Crippen LogP contribution < -0.4 is 15.4 Å². The molecule has 9 heteroatoms. The Morgan fingerprint density at radius 1 is 0.829 bits per heavy atom. The Balaban J connectivity index is 1.38. The zero-order chi connectivity index (χ0) is 24.6. The standard InChI is InChI=1S/C26H22N4O5/c1-34-19-13-11-18(12-14-19)25-29-30-26(35-25)28-24(33)20-9-5-6-10-21(20)27-23(32)16-15-22(31)17-7-3-2-4-8-17/h2-14H,15-16H2,1H3,(H,27,32)(H,28,30,33). The van der Waals surface area contributed by atoms with Crippen LogP contribution in [0.25, 0.3) is 11.5 Å². The third-order valence-corrected chi connectivity index (χ3v) is 5.10. The molecule has 0 radical (unpaired) electrons. The minimum absolute atomic E-state index is 0.0153. The van der Waals surface area contributed by atoms with Gasteiger partial charge in [-0.3, -0.25) is 19.7 Å². The van der Waals surface area contributed by atoms with E-state index in [2.05, 4.69) is 20.8 Å². The number of para-hydroxylation sites is 1. The maximum Gasteiger partial charge on any atom is 0.322 e. The lowest BCUT2D eigenvalue weighted by Crippen LogP contribution is -2.18. The van der Waals surface area contributed by atoms with Gasteiger partial charge in [0.05, 0.1) is 18.4 Å². The molecule has 0 spiro atoms. The number of amides is 2. The van der Waals surface area contributed by atoms with Gasteiger partial charge < -0.3 is 14.5 Å². The Labute approximate surface area is 201 Å². The van der Waals surface area contributed by atoms with Crippen LogP contribution in [0, 0.1) is 0 Å². The third kappa shape index (κ3) is 5.97. The Bertz CT molecular complexity index is 1330. The number of ketones is 1. The smallest absolute Gasteiger partial charge is 0.322 e. The number of ether oxygens (including phenoxy) is 1. The molecule has 2 amide bonds. The molecule has 0 aliphatic heterocycles. The highest BCUT2D eigenvalue weighted by Crippen LogP contribution is 2.23. The van der Waals surface area contributed by atoms with E-state index in [0.717, 1.165) is 0 Å². The van der Waals surface area contributed by atoms with Crippen LogP contribution in [0.2, 0.25) is 0 Å². The molecule has 1 aromatic heterocycles. The van der Waals surface area contributed by atoms with Crippen molar-refractivity contribution in [2.45, 2.75) is 12.8 Å². The van der Waals surface area contributed by atoms with E-state index in [9.17, 15) is 14.4 Å². The molecule has 0 saturated carbocycles. The van der Waals surface area contributed by atoms with E-state index >= 15 is 0 Å². The van der Waals surface area contributed by atoms with Crippen LogP contribution in [0.15, 0.2) is 83.3 Å². The number of hydrogen-bond acceptors (Lipinski definition) is 7. The van der Waals surface area contributed by atoms with Crippen molar-refractivity contribution in [1.82, 2.24) is 10.2 Å². The predicted octanol–water partition coefficient (Wildman–Crippen LogP) is 4.60. The Morgan fingerprint density at radius 3 is 2.29 bits per heavy atom. The van der Waals surface area contributed by atoms with Crippen LogP contribution in [-0.2, 0) is 4.79 Å². The lowest BCUT2D eigenvalue weighted by molar-refractivity contribution is -0.116. The van der Waals surface area contributed by atoms with Gasteiger partial charge in [0, 0.05) is 24.0 Å². The molecule has 1 heterocycles. The van der Waals surface area contributed by atoms with Crippen LogP contribution >= 0.6 is 0 Å². The number of carbonyl (C=O) groups is 3. The normalized spacial score (nSPS) is 10.4. The van der Waals surface area contributed by atoms with Gasteiger partial charge in [-0.1, -0.05) is 47.6 Å². The lowest BCUT2D eigenvalue weighted by atomic mass is 10.1. The molecule has 0 aliphatic carbocycles. The first-order valence-corrected chi connectivity index (χ1v) is 10.8. The number of methoxy groups -OCH3 is 1. The Hall–Kier alpha value is -4.79. The average molecular weight is 470 g/mol. The molecule has 176 valence electrons. The van der Waals surface area contributed by atoms with Crippen molar-refractivity contribution in [2.75, 3.05) is 17.7 Å². The Morgan fingerprint density at radius 2 is 1.54 bits per heavy atom. The summed E-state index contributed by atoms with van der Waals surface area (Å²) in [4.78, 5) is 37.5. The molecule has 2 N–H and O–H groups in total. The predicted molar refractivity (Wildman–Crippen MR) is 129 cm³/mol. The second-order valence-corrected chi connectivity index (χ2v) is 7.48. The maximum atomic E-state index is 12.8. The summed E-state index contributed by atoms with van der Waals surface area (Å²) in [5.41, 5.74) is 1.72. The number of benzene rings is 3. The second-order valence-electron chi connectivity index (χ2n) is 7.48. The van der Waals surface area contributed by atoms with E-state index in [0.29, 0.717) is 22.6 Å².